The summed E-state index contributed by atoms with van der Waals surface area (Å²) >= 11 is 0. The first-order chi connectivity index (χ1) is 10.4. The van der Waals surface area contributed by atoms with Gasteiger partial charge in [-0.3, -0.25) is 19.5 Å². The molecule has 6 nitrogen and oxygen atoms in total. The second-order valence-corrected chi connectivity index (χ2v) is 5.90. The molecule has 0 spiro atoms. The van der Waals surface area contributed by atoms with E-state index in [4.69, 9.17) is 4.42 Å². The van der Waals surface area contributed by atoms with E-state index in [0.29, 0.717) is 17.5 Å². The van der Waals surface area contributed by atoms with Crippen LogP contribution in [0.2, 0.25) is 0 Å². The van der Waals surface area contributed by atoms with Gasteiger partial charge in [-0.25, -0.2) is 4.79 Å². The molecule has 2 aromatic rings. The van der Waals surface area contributed by atoms with Crippen molar-refractivity contribution in [2.75, 3.05) is 0 Å². The zero-order valence-corrected chi connectivity index (χ0v) is 13.0. The SMILES string of the molecule is CC(C)C.O=C1CCC(n2c(=O)oc3ccccc32)C(=O)N1. The molecule has 1 unspecified atom stereocenters. The highest BCUT2D eigenvalue weighted by Crippen LogP contribution is 2.22. The van der Waals surface area contributed by atoms with Crippen molar-refractivity contribution in [1.82, 2.24) is 9.88 Å². The molecule has 118 valence electrons. The third-order valence-corrected chi connectivity index (χ3v) is 3.04. The Morgan fingerprint density at radius 1 is 1.18 bits per heavy atom. The van der Waals surface area contributed by atoms with E-state index < -0.39 is 17.7 Å². The number of nitrogens with one attached hydrogen (secondary N) is 1. The van der Waals surface area contributed by atoms with E-state index in [9.17, 15) is 14.4 Å². The largest absolute Gasteiger partial charge is 0.420 e. The molecular formula is C16H20N2O4. The average molecular weight is 304 g/mol. The van der Waals surface area contributed by atoms with E-state index >= 15 is 0 Å². The van der Waals surface area contributed by atoms with E-state index in [-0.39, 0.29) is 12.3 Å². The Kier molecular flexibility index (Phi) is 4.80. The molecule has 0 aliphatic carbocycles. The number of rotatable bonds is 1. The highest BCUT2D eigenvalue weighted by Gasteiger charge is 2.30. The summed E-state index contributed by atoms with van der Waals surface area (Å²) in [4.78, 5) is 34.7. The molecule has 1 aliphatic heterocycles. The van der Waals surface area contributed by atoms with Gasteiger partial charge in [0.2, 0.25) is 11.8 Å². The minimum atomic E-state index is -0.682. The molecule has 1 saturated heterocycles. The summed E-state index contributed by atoms with van der Waals surface area (Å²) in [5, 5.41) is 2.23. The summed E-state index contributed by atoms with van der Waals surface area (Å²) in [7, 11) is 0. The Labute approximate surface area is 128 Å². The van der Waals surface area contributed by atoms with Gasteiger partial charge in [-0.05, 0) is 24.5 Å². The fourth-order valence-electron chi connectivity index (χ4n) is 2.21. The van der Waals surface area contributed by atoms with Crippen LogP contribution in [0.4, 0.5) is 0 Å². The lowest BCUT2D eigenvalue weighted by molar-refractivity contribution is -0.135. The number of imide groups is 1. The van der Waals surface area contributed by atoms with E-state index in [2.05, 4.69) is 26.1 Å². The second-order valence-electron chi connectivity index (χ2n) is 5.90. The number of nitrogens with zero attached hydrogens (tertiary/aromatic N) is 1. The zero-order chi connectivity index (χ0) is 16.3. The van der Waals surface area contributed by atoms with Crippen LogP contribution >= 0.6 is 0 Å². The number of benzene rings is 1. The van der Waals surface area contributed by atoms with Crippen molar-refractivity contribution >= 4 is 22.9 Å². The molecule has 22 heavy (non-hydrogen) atoms. The molecule has 2 heterocycles. The van der Waals surface area contributed by atoms with Crippen molar-refractivity contribution in [3.63, 3.8) is 0 Å². The second kappa shape index (κ2) is 6.60. The topological polar surface area (TPSA) is 81.3 Å². The molecule has 0 saturated carbocycles. The van der Waals surface area contributed by atoms with Crippen molar-refractivity contribution in [2.24, 2.45) is 5.92 Å². The predicted octanol–water partition coefficient (Wildman–Crippen LogP) is 2.23. The van der Waals surface area contributed by atoms with Gasteiger partial charge in [0, 0.05) is 6.42 Å². The highest BCUT2D eigenvalue weighted by atomic mass is 16.4. The minimum absolute atomic E-state index is 0.225. The molecule has 1 N–H and O–H groups in total. The Morgan fingerprint density at radius 2 is 1.82 bits per heavy atom. The summed E-state index contributed by atoms with van der Waals surface area (Å²) in [6, 6.07) is 6.21. The highest BCUT2D eigenvalue weighted by molar-refractivity contribution is 5.99. The summed E-state index contributed by atoms with van der Waals surface area (Å²) in [5.74, 6) is -0.511. The normalized spacial score (nSPS) is 18.1. The lowest BCUT2D eigenvalue weighted by atomic mass is 10.1. The molecule has 1 atom stereocenters. The Balaban J connectivity index is 0.000000396. The van der Waals surface area contributed by atoms with E-state index in [1.165, 1.54) is 4.57 Å². The lowest BCUT2D eigenvalue weighted by Crippen LogP contribution is -2.43. The van der Waals surface area contributed by atoms with Gasteiger partial charge < -0.3 is 4.42 Å². The number of carbonyl (C=O) groups is 2. The molecule has 2 amide bonds. The number of amides is 2. The van der Waals surface area contributed by atoms with Gasteiger partial charge in [0.25, 0.3) is 0 Å². The number of piperidine rings is 1. The molecule has 0 bridgehead atoms. The smallest absolute Gasteiger partial charge is 0.408 e. The van der Waals surface area contributed by atoms with Crippen LogP contribution in [0.1, 0.15) is 39.7 Å². The Hall–Kier alpha value is -2.37. The van der Waals surface area contributed by atoms with Crippen LogP contribution in [-0.2, 0) is 9.59 Å². The number of para-hydroxylation sites is 2. The first-order valence-corrected chi connectivity index (χ1v) is 7.34. The van der Waals surface area contributed by atoms with Crippen molar-refractivity contribution in [1.29, 1.82) is 0 Å². The third kappa shape index (κ3) is 3.44. The number of oxazole rings is 1. The average Bonchev–Trinajstić information content (AvgIpc) is 2.74. The number of hydrogen-bond donors (Lipinski definition) is 1. The minimum Gasteiger partial charge on any atom is -0.408 e. The molecule has 1 aromatic heterocycles. The van der Waals surface area contributed by atoms with Gasteiger partial charge in [0.1, 0.15) is 6.04 Å². The van der Waals surface area contributed by atoms with Crippen LogP contribution in [0.15, 0.2) is 33.5 Å². The maximum atomic E-state index is 11.8. The van der Waals surface area contributed by atoms with E-state index in [1.54, 1.807) is 24.3 Å². The van der Waals surface area contributed by atoms with Crippen molar-refractivity contribution in [2.45, 2.75) is 39.7 Å². The molecule has 0 radical (unpaired) electrons. The summed E-state index contributed by atoms with van der Waals surface area (Å²) in [5.41, 5.74) is 1.00. The third-order valence-electron chi connectivity index (χ3n) is 3.04. The zero-order valence-electron chi connectivity index (χ0n) is 13.0. The first kappa shape index (κ1) is 16.0. The maximum absolute atomic E-state index is 11.8. The molecule has 1 aliphatic rings. The quantitative estimate of drug-likeness (QED) is 0.819. The Bertz CT molecular complexity index is 739. The maximum Gasteiger partial charge on any atom is 0.420 e. The molecule has 6 heteroatoms. The van der Waals surface area contributed by atoms with Crippen molar-refractivity contribution < 1.29 is 14.0 Å². The van der Waals surface area contributed by atoms with Gasteiger partial charge in [0.15, 0.2) is 5.58 Å². The summed E-state index contributed by atoms with van der Waals surface area (Å²) in [6.45, 7) is 6.50. The monoisotopic (exact) mass is 304 g/mol. The van der Waals surface area contributed by atoms with Gasteiger partial charge >= 0.3 is 5.76 Å². The fraction of sp³-hybridized carbons (Fsp3) is 0.438. The number of carbonyl (C=O) groups excluding carboxylic acids is 2. The standard InChI is InChI=1S/C12H10N2O4.C4H10/c15-10-6-5-8(11(16)13-10)14-7-3-1-2-4-9(7)18-12(14)17;1-4(2)3/h1-4,8H,5-6H2,(H,13,15,16);4H,1-3H3. The molecule has 1 aromatic carbocycles. The van der Waals surface area contributed by atoms with Gasteiger partial charge in [0.05, 0.1) is 5.52 Å². The summed E-state index contributed by atoms with van der Waals surface area (Å²) < 4.78 is 6.37. The first-order valence-electron chi connectivity index (χ1n) is 7.34. The number of fused-ring (bicyclic) bond motifs is 1. The van der Waals surface area contributed by atoms with Crippen LogP contribution < -0.4 is 11.1 Å². The van der Waals surface area contributed by atoms with Gasteiger partial charge in [-0.15, -0.1) is 0 Å². The van der Waals surface area contributed by atoms with Crippen LogP contribution in [0.5, 0.6) is 0 Å². The van der Waals surface area contributed by atoms with Crippen LogP contribution in [-0.4, -0.2) is 16.4 Å². The predicted molar refractivity (Wildman–Crippen MR) is 82.4 cm³/mol. The van der Waals surface area contributed by atoms with Gasteiger partial charge in [-0.1, -0.05) is 32.9 Å². The summed E-state index contributed by atoms with van der Waals surface area (Å²) in [6.07, 6.45) is 0.538. The van der Waals surface area contributed by atoms with Crippen LogP contribution in [0.3, 0.4) is 0 Å². The molecule has 3 rings (SSSR count). The Morgan fingerprint density at radius 3 is 2.45 bits per heavy atom. The number of hydrogen-bond acceptors (Lipinski definition) is 4. The molecular weight excluding hydrogens is 284 g/mol. The van der Waals surface area contributed by atoms with Gasteiger partial charge in [-0.2, -0.15) is 0 Å². The van der Waals surface area contributed by atoms with Crippen molar-refractivity contribution in [3.8, 4) is 0 Å². The van der Waals surface area contributed by atoms with Crippen LogP contribution in [0.25, 0.3) is 11.1 Å². The van der Waals surface area contributed by atoms with Crippen molar-refractivity contribution in [3.05, 3.63) is 34.8 Å². The molecule has 1 fully saturated rings. The number of aromatic nitrogens is 1. The van der Waals surface area contributed by atoms with E-state index in [0.717, 1.165) is 5.92 Å². The fourth-order valence-corrected chi connectivity index (χ4v) is 2.21. The van der Waals surface area contributed by atoms with Crippen LogP contribution in [0, 0.1) is 5.92 Å². The van der Waals surface area contributed by atoms with E-state index in [1.807, 2.05) is 0 Å². The lowest BCUT2D eigenvalue weighted by Gasteiger charge is -2.21.